The number of hydrogen-bond donors (Lipinski definition) is 1. The highest BCUT2D eigenvalue weighted by Crippen LogP contribution is 2.28. The summed E-state index contributed by atoms with van der Waals surface area (Å²) in [6.45, 7) is 6.09. The Morgan fingerprint density at radius 1 is 1.50 bits per heavy atom. The molecule has 2 N–H and O–H groups in total. The first kappa shape index (κ1) is 10.1. The fourth-order valence-electron chi connectivity index (χ4n) is 0.829. The lowest BCUT2D eigenvalue weighted by Gasteiger charge is -2.19. The summed E-state index contributed by atoms with van der Waals surface area (Å²) in [5, 5.41) is 4.75. The predicted molar refractivity (Wildman–Crippen MR) is 59.4 cm³/mol. The standard InChI is InChI=1S/C7H11ClIN3/c1-7(2,3)12-5(8)4(10)6(9)11-12/h10H2,1-3H3. The molecule has 0 atom stereocenters. The third kappa shape index (κ3) is 1.69. The lowest BCUT2D eigenvalue weighted by atomic mass is 10.1. The van der Waals surface area contributed by atoms with Crippen LogP contribution in [0.3, 0.4) is 0 Å². The molecule has 0 saturated carbocycles. The molecule has 0 aliphatic heterocycles. The van der Waals surface area contributed by atoms with Crippen molar-refractivity contribution in [2.75, 3.05) is 5.73 Å². The third-order valence-corrected chi connectivity index (χ3v) is 2.61. The molecule has 0 amide bonds. The highest BCUT2D eigenvalue weighted by Gasteiger charge is 2.21. The fraction of sp³-hybridized carbons (Fsp3) is 0.571. The van der Waals surface area contributed by atoms with Gasteiger partial charge in [-0.3, -0.25) is 0 Å². The van der Waals surface area contributed by atoms with Crippen molar-refractivity contribution in [3.8, 4) is 0 Å². The summed E-state index contributed by atoms with van der Waals surface area (Å²) in [6.07, 6.45) is 0. The van der Waals surface area contributed by atoms with Crippen LogP contribution in [0.1, 0.15) is 20.8 Å². The van der Waals surface area contributed by atoms with Crippen LogP contribution in [0.25, 0.3) is 0 Å². The molecular formula is C7H11ClIN3. The van der Waals surface area contributed by atoms with E-state index in [-0.39, 0.29) is 5.54 Å². The van der Waals surface area contributed by atoms with Crippen LogP contribution >= 0.6 is 34.2 Å². The van der Waals surface area contributed by atoms with Crippen molar-refractivity contribution in [2.45, 2.75) is 26.3 Å². The summed E-state index contributed by atoms with van der Waals surface area (Å²) in [4.78, 5) is 0. The van der Waals surface area contributed by atoms with Gasteiger partial charge in [0.2, 0.25) is 0 Å². The summed E-state index contributed by atoms with van der Waals surface area (Å²) in [7, 11) is 0. The molecular weight excluding hydrogens is 288 g/mol. The molecule has 1 rings (SSSR count). The van der Waals surface area contributed by atoms with Gasteiger partial charge in [0.1, 0.15) is 9.39 Å². The molecule has 1 aromatic heterocycles. The second-order valence-electron chi connectivity index (χ2n) is 3.58. The maximum Gasteiger partial charge on any atom is 0.151 e. The molecule has 68 valence electrons. The summed E-state index contributed by atoms with van der Waals surface area (Å²) in [5.41, 5.74) is 6.12. The van der Waals surface area contributed by atoms with Gasteiger partial charge in [-0.15, -0.1) is 0 Å². The average molecular weight is 300 g/mol. The number of hydrogen-bond acceptors (Lipinski definition) is 2. The van der Waals surface area contributed by atoms with E-state index >= 15 is 0 Å². The van der Waals surface area contributed by atoms with E-state index in [2.05, 4.69) is 27.7 Å². The van der Waals surface area contributed by atoms with Crippen molar-refractivity contribution in [3.05, 3.63) is 8.85 Å². The monoisotopic (exact) mass is 299 g/mol. The molecule has 0 aromatic carbocycles. The van der Waals surface area contributed by atoms with Crippen molar-refractivity contribution in [2.24, 2.45) is 0 Å². The van der Waals surface area contributed by atoms with Gasteiger partial charge in [0, 0.05) is 0 Å². The van der Waals surface area contributed by atoms with Gasteiger partial charge < -0.3 is 5.73 Å². The maximum absolute atomic E-state index is 5.97. The minimum atomic E-state index is -0.116. The molecule has 5 heteroatoms. The molecule has 1 heterocycles. The Bertz CT molecular complexity index is 300. The van der Waals surface area contributed by atoms with Gasteiger partial charge in [-0.05, 0) is 43.4 Å². The van der Waals surface area contributed by atoms with Crippen LogP contribution in [0.2, 0.25) is 5.15 Å². The summed E-state index contributed by atoms with van der Waals surface area (Å²) in [5.74, 6) is 0. The fourth-order valence-corrected chi connectivity index (χ4v) is 1.84. The molecule has 0 fully saturated rings. The average Bonchev–Trinajstić information content (AvgIpc) is 2.15. The number of aromatic nitrogens is 2. The van der Waals surface area contributed by atoms with E-state index in [4.69, 9.17) is 17.3 Å². The van der Waals surface area contributed by atoms with E-state index in [9.17, 15) is 0 Å². The van der Waals surface area contributed by atoms with Gasteiger partial charge >= 0.3 is 0 Å². The number of rotatable bonds is 0. The second-order valence-corrected chi connectivity index (χ2v) is 4.96. The smallest absolute Gasteiger partial charge is 0.151 e. The van der Waals surface area contributed by atoms with Gasteiger partial charge in [-0.1, -0.05) is 11.6 Å². The Hall–Kier alpha value is 0.0300. The first-order valence-corrected chi connectivity index (χ1v) is 4.99. The number of halogens is 2. The zero-order chi connectivity index (χ0) is 9.52. The molecule has 0 saturated heterocycles. The van der Waals surface area contributed by atoms with Gasteiger partial charge in [-0.25, -0.2) is 4.68 Å². The van der Waals surface area contributed by atoms with Gasteiger partial charge in [0.15, 0.2) is 5.15 Å². The van der Waals surface area contributed by atoms with Crippen molar-refractivity contribution >= 4 is 39.9 Å². The quantitative estimate of drug-likeness (QED) is 0.748. The molecule has 0 aliphatic carbocycles. The highest BCUT2D eigenvalue weighted by molar-refractivity contribution is 14.1. The van der Waals surface area contributed by atoms with E-state index < -0.39 is 0 Å². The molecule has 12 heavy (non-hydrogen) atoms. The Kier molecular flexibility index (Phi) is 2.58. The second kappa shape index (κ2) is 3.06. The molecule has 0 unspecified atom stereocenters. The molecule has 3 nitrogen and oxygen atoms in total. The molecule has 1 aromatic rings. The van der Waals surface area contributed by atoms with Crippen molar-refractivity contribution in [1.82, 2.24) is 9.78 Å². The van der Waals surface area contributed by atoms with Crippen LogP contribution in [-0.2, 0) is 5.54 Å². The van der Waals surface area contributed by atoms with Crippen LogP contribution in [0.15, 0.2) is 0 Å². The summed E-state index contributed by atoms with van der Waals surface area (Å²) >= 11 is 8.04. The van der Waals surface area contributed by atoms with E-state index in [0.717, 1.165) is 3.70 Å². The van der Waals surface area contributed by atoms with E-state index in [1.54, 1.807) is 4.68 Å². The van der Waals surface area contributed by atoms with Crippen LogP contribution < -0.4 is 5.73 Å². The Morgan fingerprint density at radius 2 is 2.00 bits per heavy atom. The van der Waals surface area contributed by atoms with Crippen molar-refractivity contribution in [1.29, 1.82) is 0 Å². The van der Waals surface area contributed by atoms with Crippen LogP contribution in [0.4, 0.5) is 5.69 Å². The number of nitrogens with zero attached hydrogens (tertiary/aromatic N) is 2. The highest BCUT2D eigenvalue weighted by atomic mass is 127. The Morgan fingerprint density at radius 3 is 2.17 bits per heavy atom. The minimum Gasteiger partial charge on any atom is -0.394 e. The lowest BCUT2D eigenvalue weighted by Crippen LogP contribution is -2.23. The molecule has 0 spiro atoms. The van der Waals surface area contributed by atoms with Gasteiger partial charge in [-0.2, -0.15) is 5.10 Å². The number of nitrogen functional groups attached to an aromatic ring is 1. The summed E-state index contributed by atoms with van der Waals surface area (Å²) in [6, 6.07) is 0. The van der Waals surface area contributed by atoms with Gasteiger partial charge in [0.05, 0.1) is 5.54 Å². The van der Waals surface area contributed by atoms with E-state index in [1.165, 1.54) is 0 Å². The molecule has 0 radical (unpaired) electrons. The minimum absolute atomic E-state index is 0.116. The Balaban J connectivity index is 3.28. The topological polar surface area (TPSA) is 43.8 Å². The first-order chi connectivity index (χ1) is 5.34. The first-order valence-electron chi connectivity index (χ1n) is 3.54. The van der Waals surface area contributed by atoms with Crippen molar-refractivity contribution < 1.29 is 0 Å². The zero-order valence-corrected chi connectivity index (χ0v) is 10.1. The lowest BCUT2D eigenvalue weighted by molar-refractivity contribution is 0.355. The summed E-state index contributed by atoms with van der Waals surface area (Å²) < 4.78 is 2.48. The van der Waals surface area contributed by atoms with Crippen LogP contribution in [-0.4, -0.2) is 9.78 Å². The normalized spacial score (nSPS) is 12.1. The third-order valence-electron chi connectivity index (χ3n) is 1.45. The van der Waals surface area contributed by atoms with Crippen LogP contribution in [0.5, 0.6) is 0 Å². The predicted octanol–water partition coefficient (Wildman–Crippen LogP) is 2.48. The van der Waals surface area contributed by atoms with E-state index in [0.29, 0.717) is 10.8 Å². The largest absolute Gasteiger partial charge is 0.394 e. The number of anilines is 1. The zero-order valence-electron chi connectivity index (χ0n) is 7.23. The SMILES string of the molecule is CC(C)(C)n1nc(I)c(N)c1Cl. The molecule has 0 aliphatic rings. The maximum atomic E-state index is 5.97. The van der Waals surface area contributed by atoms with Crippen LogP contribution in [0, 0.1) is 3.70 Å². The van der Waals surface area contributed by atoms with Gasteiger partial charge in [0.25, 0.3) is 0 Å². The van der Waals surface area contributed by atoms with Crippen molar-refractivity contribution in [3.63, 3.8) is 0 Å². The Labute approximate surface area is 90.4 Å². The number of nitrogens with two attached hydrogens (primary N) is 1. The molecule has 0 bridgehead atoms. The van der Waals surface area contributed by atoms with E-state index in [1.807, 2.05) is 20.8 Å².